The highest BCUT2D eigenvalue weighted by Crippen LogP contribution is 2.34. The van der Waals surface area contributed by atoms with Gasteiger partial charge in [-0.05, 0) is 24.3 Å². The Balaban J connectivity index is 1.99. The van der Waals surface area contributed by atoms with E-state index < -0.39 is 6.10 Å². The quantitative estimate of drug-likeness (QED) is 0.858. The molecule has 0 aliphatic heterocycles. The average Bonchev–Trinajstić information content (AvgIpc) is 2.47. The van der Waals surface area contributed by atoms with Gasteiger partial charge in [0.1, 0.15) is 0 Å². The van der Waals surface area contributed by atoms with Crippen LogP contribution in [0.2, 0.25) is 0 Å². The maximum Gasteiger partial charge on any atom is 0.0840 e. The second-order valence-corrected chi connectivity index (χ2v) is 5.60. The molecule has 1 fully saturated rings. The van der Waals surface area contributed by atoms with Crippen LogP contribution in [0.3, 0.4) is 0 Å². The van der Waals surface area contributed by atoms with Gasteiger partial charge in [0.15, 0.2) is 0 Å². The van der Waals surface area contributed by atoms with Crippen molar-refractivity contribution in [3.8, 4) is 0 Å². The second-order valence-electron chi connectivity index (χ2n) is 5.60. The van der Waals surface area contributed by atoms with E-state index >= 15 is 0 Å². The molecule has 0 heterocycles. The molecule has 0 saturated heterocycles. The van der Waals surface area contributed by atoms with Gasteiger partial charge in [0.25, 0.3) is 0 Å². The van der Waals surface area contributed by atoms with Crippen molar-refractivity contribution in [1.29, 1.82) is 0 Å². The Labute approximate surface area is 110 Å². The Bertz CT molecular complexity index is 343. The van der Waals surface area contributed by atoms with E-state index in [4.69, 9.17) is 0 Å². The van der Waals surface area contributed by atoms with Crippen LogP contribution in [-0.4, -0.2) is 16.3 Å². The van der Waals surface area contributed by atoms with Crippen LogP contribution >= 0.6 is 0 Å². The molecular weight excluding hydrogens is 224 g/mol. The zero-order chi connectivity index (χ0) is 13.0. The molecule has 18 heavy (non-hydrogen) atoms. The lowest BCUT2D eigenvalue weighted by atomic mass is 9.78. The number of aliphatic hydroxyl groups excluding tert-OH is 2. The first-order valence-corrected chi connectivity index (χ1v) is 7.11. The maximum atomic E-state index is 10.4. The molecule has 0 amide bonds. The summed E-state index contributed by atoms with van der Waals surface area (Å²) in [6.45, 7) is 1.96. The summed E-state index contributed by atoms with van der Waals surface area (Å²) in [5.74, 6) is 0.266. The molecule has 1 saturated carbocycles. The molecule has 2 nitrogen and oxygen atoms in total. The van der Waals surface area contributed by atoms with Gasteiger partial charge in [0.05, 0.1) is 12.2 Å². The van der Waals surface area contributed by atoms with Gasteiger partial charge in [0, 0.05) is 5.92 Å². The van der Waals surface area contributed by atoms with Crippen LogP contribution in [0.4, 0.5) is 0 Å². The Hall–Kier alpha value is -0.860. The van der Waals surface area contributed by atoms with Crippen LogP contribution < -0.4 is 0 Å². The van der Waals surface area contributed by atoms with E-state index in [9.17, 15) is 10.2 Å². The van der Waals surface area contributed by atoms with E-state index in [-0.39, 0.29) is 12.0 Å². The van der Waals surface area contributed by atoms with Crippen molar-refractivity contribution in [3.63, 3.8) is 0 Å². The third-order valence-electron chi connectivity index (χ3n) is 4.31. The normalized spacial score (nSPS) is 22.4. The minimum absolute atomic E-state index is 0.101. The molecule has 2 rings (SSSR count). The Morgan fingerprint density at radius 1 is 1.00 bits per heavy atom. The lowest BCUT2D eigenvalue weighted by molar-refractivity contribution is -0.0207. The first-order valence-electron chi connectivity index (χ1n) is 7.11. The number of benzene rings is 1. The largest absolute Gasteiger partial charge is 0.392 e. The molecule has 0 aromatic heterocycles. The van der Waals surface area contributed by atoms with Crippen LogP contribution in [0.25, 0.3) is 0 Å². The first-order chi connectivity index (χ1) is 8.70. The monoisotopic (exact) mass is 248 g/mol. The van der Waals surface area contributed by atoms with Crippen molar-refractivity contribution < 1.29 is 10.2 Å². The molecule has 3 atom stereocenters. The molecule has 0 unspecified atom stereocenters. The summed E-state index contributed by atoms with van der Waals surface area (Å²) < 4.78 is 0. The highest BCUT2D eigenvalue weighted by Gasteiger charge is 2.30. The third kappa shape index (κ3) is 3.12. The summed E-state index contributed by atoms with van der Waals surface area (Å²) in [4.78, 5) is 0. The number of hydrogen-bond acceptors (Lipinski definition) is 2. The summed E-state index contributed by atoms with van der Waals surface area (Å²) in [5, 5.41) is 20.7. The van der Waals surface area contributed by atoms with Crippen LogP contribution in [-0.2, 0) is 0 Å². The molecule has 100 valence electrons. The summed E-state index contributed by atoms with van der Waals surface area (Å²) in [6.07, 6.45) is 4.98. The highest BCUT2D eigenvalue weighted by atomic mass is 16.3. The lowest BCUT2D eigenvalue weighted by Gasteiger charge is -2.33. The Morgan fingerprint density at radius 2 is 1.61 bits per heavy atom. The summed E-state index contributed by atoms with van der Waals surface area (Å²) >= 11 is 0. The van der Waals surface area contributed by atoms with E-state index in [1.165, 1.54) is 19.3 Å². The van der Waals surface area contributed by atoms with E-state index in [2.05, 4.69) is 0 Å². The number of hydrogen-bond donors (Lipinski definition) is 2. The summed E-state index contributed by atoms with van der Waals surface area (Å²) in [5.41, 5.74) is 0.903. The van der Waals surface area contributed by atoms with Crippen molar-refractivity contribution in [1.82, 2.24) is 0 Å². The van der Waals surface area contributed by atoms with Gasteiger partial charge in [-0.2, -0.15) is 0 Å². The van der Waals surface area contributed by atoms with Crippen LogP contribution in [0.5, 0.6) is 0 Å². The standard InChI is InChI=1S/C16H24O2/c1-12(15(17)13-8-4-2-5-9-13)16(18)14-10-6-3-7-11-14/h2,4-5,8-9,12,14-18H,3,6-7,10-11H2,1H3/t12-,15+,16-/m1/s1. The molecule has 0 bridgehead atoms. The molecule has 1 aromatic carbocycles. The third-order valence-corrected chi connectivity index (χ3v) is 4.31. The van der Waals surface area contributed by atoms with Crippen molar-refractivity contribution in [2.45, 2.75) is 51.2 Å². The molecule has 1 aromatic rings. The SMILES string of the molecule is C[C@H]([C@H](O)c1ccccc1)[C@@H](O)C1CCCCC1. The molecule has 0 spiro atoms. The van der Waals surface area contributed by atoms with Crippen molar-refractivity contribution in [2.24, 2.45) is 11.8 Å². The van der Waals surface area contributed by atoms with Gasteiger partial charge in [-0.15, -0.1) is 0 Å². The zero-order valence-corrected chi connectivity index (χ0v) is 11.1. The smallest absolute Gasteiger partial charge is 0.0840 e. The van der Waals surface area contributed by atoms with E-state index in [1.807, 2.05) is 37.3 Å². The molecule has 2 N–H and O–H groups in total. The van der Waals surface area contributed by atoms with E-state index in [0.29, 0.717) is 5.92 Å². The summed E-state index contributed by atoms with van der Waals surface area (Å²) in [6, 6.07) is 9.65. The fraction of sp³-hybridized carbons (Fsp3) is 0.625. The fourth-order valence-electron chi connectivity index (χ4n) is 3.05. The van der Waals surface area contributed by atoms with Crippen LogP contribution in [0, 0.1) is 11.8 Å². The van der Waals surface area contributed by atoms with Gasteiger partial charge in [0.2, 0.25) is 0 Å². The van der Waals surface area contributed by atoms with Crippen LogP contribution in [0.1, 0.15) is 50.7 Å². The molecular formula is C16H24O2. The van der Waals surface area contributed by atoms with Crippen LogP contribution in [0.15, 0.2) is 30.3 Å². The fourth-order valence-corrected chi connectivity index (χ4v) is 3.05. The summed E-state index contributed by atoms with van der Waals surface area (Å²) in [7, 11) is 0. The van der Waals surface area contributed by atoms with Gasteiger partial charge in [-0.1, -0.05) is 56.5 Å². The Morgan fingerprint density at radius 3 is 2.22 bits per heavy atom. The zero-order valence-electron chi connectivity index (χ0n) is 11.1. The minimum Gasteiger partial charge on any atom is -0.392 e. The van der Waals surface area contributed by atoms with Crippen molar-refractivity contribution >= 4 is 0 Å². The second kappa shape index (κ2) is 6.35. The highest BCUT2D eigenvalue weighted by molar-refractivity contribution is 5.18. The average molecular weight is 248 g/mol. The number of rotatable bonds is 4. The predicted molar refractivity (Wildman–Crippen MR) is 73.1 cm³/mol. The minimum atomic E-state index is -0.567. The predicted octanol–water partition coefficient (Wildman–Crippen LogP) is 3.30. The molecule has 1 aliphatic carbocycles. The van der Waals surface area contributed by atoms with E-state index in [1.54, 1.807) is 0 Å². The number of aliphatic hydroxyl groups is 2. The lowest BCUT2D eigenvalue weighted by Crippen LogP contribution is -2.32. The van der Waals surface area contributed by atoms with Gasteiger partial charge in [-0.25, -0.2) is 0 Å². The molecule has 0 radical (unpaired) electrons. The van der Waals surface area contributed by atoms with Gasteiger partial charge < -0.3 is 10.2 Å². The van der Waals surface area contributed by atoms with E-state index in [0.717, 1.165) is 18.4 Å². The first kappa shape index (κ1) is 13.6. The van der Waals surface area contributed by atoms with Gasteiger partial charge in [-0.3, -0.25) is 0 Å². The Kier molecular flexibility index (Phi) is 4.79. The van der Waals surface area contributed by atoms with Crippen molar-refractivity contribution in [2.75, 3.05) is 0 Å². The molecule has 2 heteroatoms. The maximum absolute atomic E-state index is 10.4. The van der Waals surface area contributed by atoms with Crippen molar-refractivity contribution in [3.05, 3.63) is 35.9 Å². The molecule has 1 aliphatic rings. The topological polar surface area (TPSA) is 40.5 Å². The van der Waals surface area contributed by atoms with Gasteiger partial charge >= 0.3 is 0 Å².